The molecule has 0 aliphatic heterocycles. The third kappa shape index (κ3) is 7.38. The minimum Gasteiger partial charge on any atom is -0.508 e. The number of rotatable bonds is 0. The van der Waals surface area contributed by atoms with Crippen LogP contribution in [0.4, 0.5) is 0 Å². The SMILES string of the molecule is CN(C)C.Oc1ccc(Cl)cc1. The molecule has 3 heteroatoms. The van der Waals surface area contributed by atoms with Crippen LogP contribution in [0.2, 0.25) is 5.02 Å². The van der Waals surface area contributed by atoms with Crippen LogP contribution in [0.3, 0.4) is 0 Å². The number of phenolic OH excluding ortho intramolecular Hbond substituents is 1. The zero-order valence-electron chi connectivity index (χ0n) is 7.58. The van der Waals surface area contributed by atoms with E-state index in [0.29, 0.717) is 5.02 Å². The first kappa shape index (κ1) is 11.3. The van der Waals surface area contributed by atoms with Crippen LogP contribution in [-0.4, -0.2) is 31.1 Å². The lowest BCUT2D eigenvalue weighted by atomic mass is 10.3. The molecule has 0 radical (unpaired) electrons. The van der Waals surface area contributed by atoms with Crippen LogP contribution in [0.15, 0.2) is 24.3 Å². The van der Waals surface area contributed by atoms with E-state index in [1.807, 2.05) is 26.0 Å². The summed E-state index contributed by atoms with van der Waals surface area (Å²) in [5.41, 5.74) is 0. The van der Waals surface area contributed by atoms with Crippen LogP contribution >= 0.6 is 11.6 Å². The van der Waals surface area contributed by atoms with Gasteiger partial charge in [-0.15, -0.1) is 0 Å². The molecule has 0 aromatic heterocycles. The van der Waals surface area contributed by atoms with Crippen molar-refractivity contribution in [2.24, 2.45) is 0 Å². The van der Waals surface area contributed by atoms with E-state index in [9.17, 15) is 0 Å². The summed E-state index contributed by atoms with van der Waals surface area (Å²) in [5, 5.41) is 9.34. The standard InChI is InChI=1S/C6H5ClO.C3H9N/c7-5-1-3-6(8)4-2-5;1-4(2)3/h1-4,8H;1-3H3. The molecule has 0 saturated heterocycles. The molecule has 2 nitrogen and oxygen atoms in total. The number of hydrogen-bond acceptors (Lipinski definition) is 2. The van der Waals surface area contributed by atoms with Gasteiger partial charge in [0.25, 0.3) is 0 Å². The number of phenols is 1. The molecule has 1 aromatic carbocycles. The van der Waals surface area contributed by atoms with Gasteiger partial charge in [-0.25, -0.2) is 0 Å². The highest BCUT2D eigenvalue weighted by molar-refractivity contribution is 6.30. The van der Waals surface area contributed by atoms with Gasteiger partial charge in [-0.3, -0.25) is 0 Å². The van der Waals surface area contributed by atoms with Crippen molar-refractivity contribution in [3.63, 3.8) is 0 Å². The van der Waals surface area contributed by atoms with Gasteiger partial charge in [-0.2, -0.15) is 0 Å². The normalized spacial score (nSPS) is 9.08. The van der Waals surface area contributed by atoms with Crippen LogP contribution < -0.4 is 0 Å². The van der Waals surface area contributed by atoms with Crippen molar-refractivity contribution in [3.05, 3.63) is 29.3 Å². The van der Waals surface area contributed by atoms with E-state index in [0.717, 1.165) is 0 Å². The Labute approximate surface area is 78.4 Å². The smallest absolute Gasteiger partial charge is 0.115 e. The molecule has 0 aliphatic carbocycles. The van der Waals surface area contributed by atoms with E-state index in [2.05, 4.69) is 0 Å². The largest absolute Gasteiger partial charge is 0.508 e. The first-order chi connectivity index (χ1) is 5.52. The lowest BCUT2D eigenvalue weighted by Gasteiger charge is -1.90. The Kier molecular flexibility index (Phi) is 5.51. The maximum Gasteiger partial charge on any atom is 0.115 e. The Bertz CT molecular complexity index is 185. The molecule has 0 atom stereocenters. The third-order valence-electron chi connectivity index (χ3n) is 0.827. The Hall–Kier alpha value is -0.730. The van der Waals surface area contributed by atoms with E-state index in [1.54, 1.807) is 24.3 Å². The molecule has 0 amide bonds. The van der Waals surface area contributed by atoms with E-state index >= 15 is 0 Å². The molecule has 0 spiro atoms. The van der Waals surface area contributed by atoms with Crippen LogP contribution in [0.1, 0.15) is 0 Å². The van der Waals surface area contributed by atoms with Gasteiger partial charge in [0.15, 0.2) is 0 Å². The quantitative estimate of drug-likeness (QED) is 0.674. The average molecular weight is 188 g/mol. The molecular formula is C9H14ClNO. The summed E-state index contributed by atoms with van der Waals surface area (Å²) in [7, 11) is 6.00. The molecular weight excluding hydrogens is 174 g/mol. The fraction of sp³-hybridized carbons (Fsp3) is 0.333. The fourth-order valence-electron chi connectivity index (χ4n) is 0.441. The van der Waals surface area contributed by atoms with Gasteiger partial charge < -0.3 is 10.0 Å². The number of halogens is 1. The molecule has 0 bridgehead atoms. The summed E-state index contributed by atoms with van der Waals surface area (Å²) in [5.74, 6) is 0.245. The van der Waals surface area contributed by atoms with Gasteiger partial charge in [0.1, 0.15) is 5.75 Å². The van der Waals surface area contributed by atoms with Crippen LogP contribution in [0.5, 0.6) is 5.75 Å². The molecule has 12 heavy (non-hydrogen) atoms. The maximum absolute atomic E-state index is 8.70. The summed E-state index contributed by atoms with van der Waals surface area (Å²) in [4.78, 5) is 2.00. The highest BCUT2D eigenvalue weighted by Crippen LogP contribution is 2.12. The van der Waals surface area contributed by atoms with Crippen molar-refractivity contribution in [1.29, 1.82) is 0 Å². The van der Waals surface area contributed by atoms with Gasteiger partial charge in [-0.1, -0.05) is 11.6 Å². The average Bonchev–Trinajstić information content (AvgIpc) is 1.94. The van der Waals surface area contributed by atoms with E-state index < -0.39 is 0 Å². The van der Waals surface area contributed by atoms with Crippen LogP contribution in [0, 0.1) is 0 Å². The highest BCUT2D eigenvalue weighted by atomic mass is 35.5. The Balaban J connectivity index is 0.000000261. The molecule has 0 saturated carbocycles. The zero-order valence-corrected chi connectivity index (χ0v) is 8.34. The summed E-state index contributed by atoms with van der Waals surface area (Å²) in [6, 6.07) is 6.36. The number of aromatic hydroxyl groups is 1. The molecule has 1 N–H and O–H groups in total. The predicted molar refractivity (Wildman–Crippen MR) is 52.7 cm³/mol. The van der Waals surface area contributed by atoms with Crippen molar-refractivity contribution in [2.45, 2.75) is 0 Å². The summed E-state index contributed by atoms with van der Waals surface area (Å²) in [6.45, 7) is 0. The summed E-state index contributed by atoms with van der Waals surface area (Å²) >= 11 is 5.50. The van der Waals surface area contributed by atoms with Gasteiger partial charge >= 0.3 is 0 Å². The third-order valence-corrected chi connectivity index (χ3v) is 1.08. The number of nitrogens with zero attached hydrogens (tertiary/aromatic N) is 1. The van der Waals surface area contributed by atoms with Gasteiger partial charge in [0, 0.05) is 5.02 Å². The minimum absolute atomic E-state index is 0.245. The molecule has 68 valence electrons. The Morgan fingerprint density at radius 2 is 1.42 bits per heavy atom. The topological polar surface area (TPSA) is 23.5 Å². The highest BCUT2D eigenvalue weighted by Gasteiger charge is 1.84. The second kappa shape index (κ2) is 5.86. The van der Waals surface area contributed by atoms with E-state index in [4.69, 9.17) is 16.7 Å². The van der Waals surface area contributed by atoms with E-state index in [-0.39, 0.29) is 5.75 Å². The number of hydrogen-bond donors (Lipinski definition) is 1. The lowest BCUT2D eigenvalue weighted by Crippen LogP contribution is -1.99. The van der Waals surface area contributed by atoms with Crippen molar-refractivity contribution < 1.29 is 5.11 Å². The molecule has 0 heterocycles. The van der Waals surface area contributed by atoms with Gasteiger partial charge in [-0.05, 0) is 45.4 Å². The van der Waals surface area contributed by atoms with Crippen molar-refractivity contribution in [3.8, 4) is 5.75 Å². The zero-order chi connectivity index (χ0) is 9.56. The molecule has 1 aromatic rings. The van der Waals surface area contributed by atoms with Gasteiger partial charge in [0.05, 0.1) is 0 Å². The minimum atomic E-state index is 0.245. The molecule has 1 rings (SSSR count). The Morgan fingerprint density at radius 3 is 1.67 bits per heavy atom. The number of benzene rings is 1. The second-order valence-corrected chi connectivity index (χ2v) is 3.25. The second-order valence-electron chi connectivity index (χ2n) is 2.82. The van der Waals surface area contributed by atoms with E-state index in [1.165, 1.54) is 0 Å². The van der Waals surface area contributed by atoms with Crippen molar-refractivity contribution in [1.82, 2.24) is 4.90 Å². The van der Waals surface area contributed by atoms with Crippen molar-refractivity contribution in [2.75, 3.05) is 21.1 Å². The lowest BCUT2D eigenvalue weighted by molar-refractivity contribution is 0.475. The molecule has 0 aliphatic rings. The maximum atomic E-state index is 8.70. The predicted octanol–water partition coefficient (Wildman–Crippen LogP) is 2.22. The van der Waals surface area contributed by atoms with Crippen molar-refractivity contribution >= 4 is 11.6 Å². The van der Waals surface area contributed by atoms with Crippen LogP contribution in [0.25, 0.3) is 0 Å². The van der Waals surface area contributed by atoms with Gasteiger partial charge in [0.2, 0.25) is 0 Å². The first-order valence-corrected chi connectivity index (χ1v) is 3.95. The summed E-state index contributed by atoms with van der Waals surface area (Å²) in [6.07, 6.45) is 0. The monoisotopic (exact) mass is 187 g/mol. The molecule has 0 unspecified atom stereocenters. The Morgan fingerprint density at radius 1 is 1.08 bits per heavy atom. The summed E-state index contributed by atoms with van der Waals surface area (Å²) < 4.78 is 0. The fourth-order valence-corrected chi connectivity index (χ4v) is 0.567. The van der Waals surface area contributed by atoms with Crippen LogP contribution in [-0.2, 0) is 0 Å². The first-order valence-electron chi connectivity index (χ1n) is 3.58. The molecule has 0 fully saturated rings.